The largest absolute Gasteiger partial charge is 0.336 e. The van der Waals surface area contributed by atoms with E-state index in [0.717, 1.165) is 12.1 Å². The Morgan fingerprint density at radius 3 is 2.74 bits per heavy atom. The van der Waals surface area contributed by atoms with Crippen LogP contribution in [-0.4, -0.2) is 4.98 Å². The molecule has 0 saturated heterocycles. The molecule has 0 amide bonds. The van der Waals surface area contributed by atoms with Gasteiger partial charge in [-0.25, -0.2) is 13.8 Å². The molecule has 2 aromatic rings. The second-order valence-electron chi connectivity index (χ2n) is 3.50. The van der Waals surface area contributed by atoms with E-state index >= 15 is 0 Å². The van der Waals surface area contributed by atoms with Crippen LogP contribution in [0.1, 0.15) is 5.56 Å². The molecule has 96 valence electrons. The number of halogens is 4. The number of benzene rings is 1. The molecule has 19 heavy (non-hydrogen) atoms. The Bertz CT molecular complexity index is 685. The van der Waals surface area contributed by atoms with Crippen LogP contribution >= 0.6 is 27.5 Å². The van der Waals surface area contributed by atoms with Gasteiger partial charge in [0.25, 0.3) is 0 Å². The van der Waals surface area contributed by atoms with Crippen LogP contribution in [0.15, 0.2) is 28.9 Å². The van der Waals surface area contributed by atoms with Crippen molar-refractivity contribution >= 4 is 39.0 Å². The van der Waals surface area contributed by atoms with Gasteiger partial charge in [0, 0.05) is 12.3 Å². The van der Waals surface area contributed by atoms with Crippen LogP contribution in [0.25, 0.3) is 0 Å². The topological polar surface area (TPSA) is 48.7 Å². The maximum Gasteiger partial charge on any atom is 0.150 e. The van der Waals surface area contributed by atoms with E-state index in [9.17, 15) is 8.78 Å². The predicted octanol–water partition coefficient (Wildman–Crippen LogP) is 4.39. The number of rotatable bonds is 2. The quantitative estimate of drug-likeness (QED) is 0.822. The average Bonchev–Trinajstić information content (AvgIpc) is 2.38. The molecule has 0 aliphatic rings. The Labute approximate surface area is 121 Å². The second kappa shape index (κ2) is 5.51. The second-order valence-corrected chi connectivity index (χ2v) is 4.74. The first kappa shape index (κ1) is 13.7. The van der Waals surface area contributed by atoms with Crippen LogP contribution in [0, 0.1) is 23.0 Å². The highest BCUT2D eigenvalue weighted by Crippen LogP contribution is 2.29. The summed E-state index contributed by atoms with van der Waals surface area (Å²) in [4.78, 5) is 3.88. The molecule has 1 aromatic heterocycles. The van der Waals surface area contributed by atoms with E-state index in [-0.39, 0.29) is 26.6 Å². The molecule has 0 fully saturated rings. The summed E-state index contributed by atoms with van der Waals surface area (Å²) in [7, 11) is 0. The van der Waals surface area contributed by atoms with Gasteiger partial charge >= 0.3 is 0 Å². The molecule has 0 aliphatic carbocycles. The van der Waals surface area contributed by atoms with E-state index in [1.165, 1.54) is 12.3 Å². The molecule has 0 unspecified atom stereocenters. The summed E-state index contributed by atoms with van der Waals surface area (Å²) in [6, 6.07) is 5.25. The van der Waals surface area contributed by atoms with Crippen LogP contribution in [0.2, 0.25) is 5.02 Å². The molecule has 0 atom stereocenters. The summed E-state index contributed by atoms with van der Waals surface area (Å²) in [5, 5.41) is 11.4. The van der Waals surface area contributed by atoms with Gasteiger partial charge in [-0.15, -0.1) is 0 Å². The van der Waals surface area contributed by atoms with Gasteiger partial charge in [-0.1, -0.05) is 11.6 Å². The van der Waals surface area contributed by atoms with E-state index in [1.54, 1.807) is 0 Å². The molecule has 0 radical (unpaired) electrons. The van der Waals surface area contributed by atoms with Crippen molar-refractivity contribution in [2.45, 2.75) is 0 Å². The third-order valence-corrected chi connectivity index (χ3v) is 3.26. The molecule has 2 rings (SSSR count). The van der Waals surface area contributed by atoms with Crippen molar-refractivity contribution in [2.24, 2.45) is 0 Å². The molecule has 0 spiro atoms. The number of nitrogens with one attached hydrogen (secondary N) is 1. The third-order valence-electron chi connectivity index (χ3n) is 2.27. The first-order chi connectivity index (χ1) is 9.02. The first-order valence-electron chi connectivity index (χ1n) is 4.99. The van der Waals surface area contributed by atoms with Gasteiger partial charge < -0.3 is 5.32 Å². The summed E-state index contributed by atoms with van der Waals surface area (Å²) in [6.45, 7) is 0. The molecule has 1 heterocycles. The van der Waals surface area contributed by atoms with Gasteiger partial charge in [0.15, 0.2) is 5.82 Å². The fourth-order valence-electron chi connectivity index (χ4n) is 1.36. The highest BCUT2D eigenvalue weighted by atomic mass is 79.9. The average molecular weight is 345 g/mol. The minimum absolute atomic E-state index is 0.0142. The maximum absolute atomic E-state index is 13.6. The monoisotopic (exact) mass is 343 g/mol. The third kappa shape index (κ3) is 2.83. The van der Waals surface area contributed by atoms with Crippen molar-refractivity contribution in [2.75, 3.05) is 5.32 Å². The summed E-state index contributed by atoms with van der Waals surface area (Å²) in [5.74, 6) is -1.22. The zero-order valence-corrected chi connectivity index (χ0v) is 11.6. The minimum atomic E-state index is -0.673. The van der Waals surface area contributed by atoms with Crippen LogP contribution in [0.4, 0.5) is 20.3 Å². The lowest BCUT2D eigenvalue weighted by Gasteiger charge is -2.09. The van der Waals surface area contributed by atoms with Crippen molar-refractivity contribution in [3.63, 3.8) is 0 Å². The number of hydrogen-bond acceptors (Lipinski definition) is 3. The van der Waals surface area contributed by atoms with Crippen molar-refractivity contribution in [1.29, 1.82) is 5.26 Å². The zero-order chi connectivity index (χ0) is 14.0. The van der Waals surface area contributed by atoms with Crippen LogP contribution in [0.5, 0.6) is 0 Å². The Morgan fingerprint density at radius 1 is 1.32 bits per heavy atom. The van der Waals surface area contributed by atoms with E-state index in [1.807, 2.05) is 6.07 Å². The summed E-state index contributed by atoms with van der Waals surface area (Å²) in [6.07, 6.45) is 1.35. The number of pyridine rings is 1. The normalized spacial score (nSPS) is 10.1. The zero-order valence-electron chi connectivity index (χ0n) is 9.22. The number of nitriles is 1. The summed E-state index contributed by atoms with van der Waals surface area (Å²) in [5.41, 5.74) is 0.0716. The SMILES string of the molecule is N#Cc1ccnc(Nc2cc(F)c(Br)cc2F)c1Cl. The van der Waals surface area contributed by atoms with Crippen molar-refractivity contribution < 1.29 is 8.78 Å². The molecule has 0 saturated carbocycles. The van der Waals surface area contributed by atoms with Crippen molar-refractivity contribution in [1.82, 2.24) is 4.98 Å². The van der Waals surface area contributed by atoms with E-state index in [2.05, 4.69) is 26.2 Å². The van der Waals surface area contributed by atoms with Gasteiger partial charge in [-0.3, -0.25) is 0 Å². The van der Waals surface area contributed by atoms with Crippen molar-refractivity contribution in [3.05, 3.63) is 51.1 Å². The summed E-state index contributed by atoms with van der Waals surface area (Å²) < 4.78 is 27.0. The van der Waals surface area contributed by atoms with Crippen LogP contribution in [-0.2, 0) is 0 Å². The Balaban J connectivity index is 2.43. The predicted molar refractivity (Wildman–Crippen MR) is 71.3 cm³/mol. The van der Waals surface area contributed by atoms with E-state index in [0.29, 0.717) is 0 Å². The smallest absolute Gasteiger partial charge is 0.150 e. The Morgan fingerprint density at radius 2 is 2.05 bits per heavy atom. The van der Waals surface area contributed by atoms with E-state index in [4.69, 9.17) is 16.9 Å². The fraction of sp³-hybridized carbons (Fsp3) is 0. The molecule has 3 nitrogen and oxygen atoms in total. The lowest BCUT2D eigenvalue weighted by Crippen LogP contribution is -1.99. The number of aromatic nitrogens is 1. The van der Waals surface area contributed by atoms with Gasteiger partial charge in [-0.2, -0.15) is 5.26 Å². The number of nitrogens with zero attached hydrogens (tertiary/aromatic N) is 2. The standard InChI is InChI=1S/C12H5BrClF2N3/c13-7-3-9(16)10(4-8(7)15)19-12-11(14)6(5-17)1-2-18-12/h1-4H,(H,18,19). The van der Waals surface area contributed by atoms with Gasteiger partial charge in [-0.05, 0) is 28.1 Å². The van der Waals surface area contributed by atoms with Gasteiger partial charge in [0.2, 0.25) is 0 Å². The van der Waals surface area contributed by atoms with Crippen LogP contribution in [0.3, 0.4) is 0 Å². The highest BCUT2D eigenvalue weighted by molar-refractivity contribution is 9.10. The molecule has 7 heteroatoms. The number of anilines is 2. The maximum atomic E-state index is 13.6. The van der Waals surface area contributed by atoms with Crippen LogP contribution < -0.4 is 5.32 Å². The molecule has 1 N–H and O–H groups in total. The molecular formula is C12H5BrClF2N3. The van der Waals surface area contributed by atoms with Gasteiger partial charge in [0.05, 0.1) is 15.7 Å². The molecule has 0 aliphatic heterocycles. The molecule has 1 aromatic carbocycles. The van der Waals surface area contributed by atoms with E-state index < -0.39 is 11.6 Å². The molecular weight excluding hydrogens is 340 g/mol. The summed E-state index contributed by atoms with van der Waals surface area (Å²) >= 11 is 8.78. The number of hydrogen-bond donors (Lipinski definition) is 1. The highest BCUT2D eigenvalue weighted by Gasteiger charge is 2.12. The van der Waals surface area contributed by atoms with Crippen molar-refractivity contribution in [3.8, 4) is 6.07 Å². The lowest BCUT2D eigenvalue weighted by molar-refractivity contribution is 0.598. The first-order valence-corrected chi connectivity index (χ1v) is 6.16. The fourth-order valence-corrected chi connectivity index (χ4v) is 1.88. The van der Waals surface area contributed by atoms with Gasteiger partial charge in [0.1, 0.15) is 22.7 Å². The molecule has 0 bridgehead atoms. The minimum Gasteiger partial charge on any atom is -0.336 e. The Kier molecular flexibility index (Phi) is 3.98. The lowest BCUT2D eigenvalue weighted by atomic mass is 10.2. The Hall–Kier alpha value is -1.71.